The molecule has 1 amide bonds. The van der Waals surface area contributed by atoms with Gasteiger partial charge in [0.15, 0.2) is 0 Å². The summed E-state index contributed by atoms with van der Waals surface area (Å²) in [4.78, 5) is 14.5. The third kappa shape index (κ3) is 3.47. The zero-order valence-corrected chi connectivity index (χ0v) is 13.6. The number of ether oxygens (including phenoxy) is 1. The van der Waals surface area contributed by atoms with E-state index in [0.717, 1.165) is 24.4 Å². The molecule has 4 heteroatoms. The van der Waals surface area contributed by atoms with Crippen molar-refractivity contribution in [1.29, 1.82) is 0 Å². The first-order valence-corrected chi connectivity index (χ1v) is 7.96. The van der Waals surface area contributed by atoms with Crippen molar-refractivity contribution in [2.75, 3.05) is 23.9 Å². The van der Waals surface area contributed by atoms with E-state index in [1.54, 1.807) is 7.11 Å². The lowest BCUT2D eigenvalue weighted by atomic mass is 10.1. The minimum atomic E-state index is 0.0340. The van der Waals surface area contributed by atoms with Gasteiger partial charge in [0.25, 0.3) is 0 Å². The van der Waals surface area contributed by atoms with Crippen LogP contribution in [0.2, 0.25) is 0 Å². The Morgan fingerprint density at radius 3 is 2.70 bits per heavy atom. The molecule has 120 valence electrons. The first-order chi connectivity index (χ1) is 11.2. The van der Waals surface area contributed by atoms with Crippen LogP contribution in [-0.4, -0.2) is 25.6 Å². The summed E-state index contributed by atoms with van der Waals surface area (Å²) in [6.45, 7) is 2.95. The second kappa shape index (κ2) is 6.73. The molecule has 1 N–H and O–H groups in total. The van der Waals surface area contributed by atoms with Crippen molar-refractivity contribution in [2.45, 2.75) is 25.8 Å². The van der Waals surface area contributed by atoms with Crippen LogP contribution in [0.5, 0.6) is 5.75 Å². The van der Waals surface area contributed by atoms with Gasteiger partial charge in [0.2, 0.25) is 5.91 Å². The Balaban J connectivity index is 1.56. The summed E-state index contributed by atoms with van der Waals surface area (Å²) >= 11 is 0. The van der Waals surface area contributed by atoms with Crippen molar-refractivity contribution in [3.05, 3.63) is 54.1 Å². The molecule has 0 saturated carbocycles. The van der Waals surface area contributed by atoms with Crippen LogP contribution >= 0.6 is 0 Å². The van der Waals surface area contributed by atoms with Crippen molar-refractivity contribution in [2.24, 2.45) is 0 Å². The van der Waals surface area contributed by atoms with Gasteiger partial charge in [-0.25, -0.2) is 0 Å². The van der Waals surface area contributed by atoms with Crippen molar-refractivity contribution >= 4 is 17.3 Å². The number of benzene rings is 2. The summed E-state index contributed by atoms with van der Waals surface area (Å²) in [5.41, 5.74) is 3.43. The summed E-state index contributed by atoms with van der Waals surface area (Å²) in [5, 5.41) is 2.93. The molecule has 1 unspecified atom stereocenters. The van der Waals surface area contributed by atoms with E-state index in [1.165, 1.54) is 11.3 Å². The first-order valence-electron chi connectivity index (χ1n) is 7.96. The number of nitrogens with one attached hydrogen (secondary N) is 1. The van der Waals surface area contributed by atoms with Gasteiger partial charge in [-0.1, -0.05) is 18.2 Å². The molecule has 4 nitrogen and oxygen atoms in total. The second-order valence-corrected chi connectivity index (χ2v) is 5.90. The minimum absolute atomic E-state index is 0.0340. The smallest absolute Gasteiger partial charge is 0.226 e. The summed E-state index contributed by atoms with van der Waals surface area (Å²) < 4.78 is 5.11. The van der Waals surface area contributed by atoms with Crippen LogP contribution < -0.4 is 15.0 Å². The van der Waals surface area contributed by atoms with E-state index in [9.17, 15) is 4.79 Å². The average Bonchev–Trinajstić information content (AvgIpc) is 2.89. The standard InChI is InChI=1S/C19H22N2O2/c1-14-13-15-5-3-4-6-18(15)21(14)12-11-19(22)20-16-7-9-17(23-2)10-8-16/h3-10,14H,11-13H2,1-2H3,(H,20,22). The van der Waals surface area contributed by atoms with E-state index in [4.69, 9.17) is 4.74 Å². The monoisotopic (exact) mass is 310 g/mol. The fourth-order valence-corrected chi connectivity index (χ4v) is 3.09. The van der Waals surface area contributed by atoms with E-state index < -0.39 is 0 Å². The predicted molar refractivity (Wildman–Crippen MR) is 93.2 cm³/mol. The molecular weight excluding hydrogens is 288 g/mol. The lowest BCUT2D eigenvalue weighted by molar-refractivity contribution is -0.116. The van der Waals surface area contributed by atoms with E-state index in [1.807, 2.05) is 24.3 Å². The zero-order valence-electron chi connectivity index (χ0n) is 13.6. The quantitative estimate of drug-likeness (QED) is 0.919. The Morgan fingerprint density at radius 1 is 1.22 bits per heavy atom. The molecule has 0 spiro atoms. The van der Waals surface area contributed by atoms with Gasteiger partial charge in [0.1, 0.15) is 5.75 Å². The molecule has 0 aromatic heterocycles. The highest BCUT2D eigenvalue weighted by molar-refractivity contribution is 5.91. The van der Waals surface area contributed by atoms with Gasteiger partial charge in [-0.15, -0.1) is 0 Å². The maximum atomic E-state index is 12.2. The molecule has 23 heavy (non-hydrogen) atoms. The number of anilines is 2. The Bertz CT molecular complexity index is 682. The van der Waals surface area contributed by atoms with Gasteiger partial charge < -0.3 is 15.0 Å². The Labute approximate surface area is 137 Å². The summed E-state index contributed by atoms with van der Waals surface area (Å²) in [7, 11) is 1.63. The largest absolute Gasteiger partial charge is 0.497 e. The van der Waals surface area contributed by atoms with Crippen molar-refractivity contribution < 1.29 is 9.53 Å². The van der Waals surface area contributed by atoms with Crippen LogP contribution in [0.1, 0.15) is 18.9 Å². The second-order valence-electron chi connectivity index (χ2n) is 5.90. The molecule has 0 fully saturated rings. The third-order valence-electron chi connectivity index (χ3n) is 4.30. The van der Waals surface area contributed by atoms with E-state index in [0.29, 0.717) is 12.5 Å². The van der Waals surface area contributed by atoms with E-state index in [-0.39, 0.29) is 5.91 Å². The van der Waals surface area contributed by atoms with Crippen molar-refractivity contribution in [3.63, 3.8) is 0 Å². The summed E-state index contributed by atoms with van der Waals surface area (Å²) in [6.07, 6.45) is 1.53. The predicted octanol–water partition coefficient (Wildman–Crippen LogP) is 3.48. The molecule has 3 rings (SSSR count). The molecule has 0 saturated heterocycles. The lowest BCUT2D eigenvalue weighted by Gasteiger charge is -2.24. The summed E-state index contributed by atoms with van der Waals surface area (Å²) in [6, 6.07) is 16.3. The minimum Gasteiger partial charge on any atom is -0.497 e. The van der Waals surface area contributed by atoms with Gasteiger partial charge in [-0.3, -0.25) is 4.79 Å². The molecule has 1 aliphatic rings. The number of hydrogen-bond acceptors (Lipinski definition) is 3. The number of methoxy groups -OCH3 is 1. The number of nitrogens with zero attached hydrogens (tertiary/aromatic N) is 1. The number of carbonyl (C=O) groups is 1. The van der Waals surface area contributed by atoms with E-state index >= 15 is 0 Å². The fourth-order valence-electron chi connectivity index (χ4n) is 3.09. The van der Waals surface area contributed by atoms with Crippen LogP contribution in [0.3, 0.4) is 0 Å². The highest BCUT2D eigenvalue weighted by Gasteiger charge is 2.25. The van der Waals surface area contributed by atoms with Crippen LogP contribution in [0.25, 0.3) is 0 Å². The molecular formula is C19H22N2O2. The summed E-state index contributed by atoms with van der Waals surface area (Å²) in [5.74, 6) is 0.817. The molecule has 0 aliphatic carbocycles. The van der Waals surface area contributed by atoms with Crippen LogP contribution in [-0.2, 0) is 11.2 Å². The molecule has 0 radical (unpaired) electrons. The number of amides is 1. The van der Waals surface area contributed by atoms with Gasteiger partial charge in [-0.05, 0) is 49.2 Å². The molecule has 2 aromatic carbocycles. The molecule has 1 aliphatic heterocycles. The first kappa shape index (κ1) is 15.4. The van der Waals surface area contributed by atoms with Gasteiger partial charge in [0.05, 0.1) is 7.11 Å². The fraction of sp³-hybridized carbons (Fsp3) is 0.316. The van der Waals surface area contributed by atoms with Gasteiger partial charge >= 0.3 is 0 Å². The maximum Gasteiger partial charge on any atom is 0.226 e. The third-order valence-corrected chi connectivity index (χ3v) is 4.30. The van der Waals surface area contributed by atoms with Gasteiger partial charge in [0, 0.05) is 30.4 Å². The molecule has 0 bridgehead atoms. The maximum absolute atomic E-state index is 12.2. The lowest BCUT2D eigenvalue weighted by Crippen LogP contribution is -2.32. The average molecular weight is 310 g/mol. The topological polar surface area (TPSA) is 41.6 Å². The van der Waals surface area contributed by atoms with Gasteiger partial charge in [-0.2, -0.15) is 0 Å². The number of rotatable bonds is 5. The number of fused-ring (bicyclic) bond motifs is 1. The van der Waals surface area contributed by atoms with Crippen molar-refractivity contribution in [1.82, 2.24) is 0 Å². The number of hydrogen-bond donors (Lipinski definition) is 1. The SMILES string of the molecule is COc1ccc(NC(=O)CCN2c3ccccc3CC2C)cc1. The highest BCUT2D eigenvalue weighted by Crippen LogP contribution is 2.31. The van der Waals surface area contributed by atoms with Crippen molar-refractivity contribution in [3.8, 4) is 5.75 Å². The number of carbonyl (C=O) groups excluding carboxylic acids is 1. The normalized spacial score (nSPS) is 16.1. The zero-order chi connectivity index (χ0) is 16.2. The molecule has 1 atom stereocenters. The Hall–Kier alpha value is -2.49. The molecule has 1 heterocycles. The van der Waals surface area contributed by atoms with E-state index in [2.05, 4.69) is 41.4 Å². The Morgan fingerprint density at radius 2 is 1.96 bits per heavy atom. The molecule has 2 aromatic rings. The number of para-hydroxylation sites is 1. The Kier molecular flexibility index (Phi) is 4.51. The van der Waals surface area contributed by atoms with Crippen LogP contribution in [0.15, 0.2) is 48.5 Å². The highest BCUT2D eigenvalue weighted by atomic mass is 16.5. The van der Waals surface area contributed by atoms with Crippen LogP contribution in [0, 0.1) is 0 Å². The van der Waals surface area contributed by atoms with Crippen LogP contribution in [0.4, 0.5) is 11.4 Å².